The molecule has 0 spiro atoms. The highest BCUT2D eigenvalue weighted by atomic mass is 16.6. The van der Waals surface area contributed by atoms with Gasteiger partial charge in [0, 0.05) is 11.3 Å². The number of nitrogens with zero attached hydrogens (tertiary/aromatic N) is 2. The zero-order valence-corrected chi connectivity index (χ0v) is 15.4. The number of oxazole rings is 1. The van der Waals surface area contributed by atoms with Gasteiger partial charge in [0.15, 0.2) is 11.3 Å². The smallest absolute Gasteiger partial charge is 0.433 e. The van der Waals surface area contributed by atoms with Crippen LogP contribution in [0.15, 0.2) is 81.6 Å². The molecule has 5 aromatic rings. The standard InChI is InChI=1S/C22H13N3O5/c26-21(19-10-11-20(29-19)25(27)28)23-14-8-9-18-17(12-14)24-22(30-18)16-7-3-5-13-4-1-2-6-15(13)16/h1-12H,(H,23,26). The number of nitro groups is 1. The minimum atomic E-state index is -0.701. The van der Waals surface area contributed by atoms with Crippen LogP contribution in [0.5, 0.6) is 0 Å². The zero-order chi connectivity index (χ0) is 20.7. The first-order valence-electron chi connectivity index (χ1n) is 9.03. The van der Waals surface area contributed by atoms with Crippen molar-refractivity contribution >= 4 is 39.4 Å². The summed E-state index contributed by atoms with van der Waals surface area (Å²) < 4.78 is 10.8. The van der Waals surface area contributed by atoms with Crippen LogP contribution < -0.4 is 5.32 Å². The molecule has 30 heavy (non-hydrogen) atoms. The van der Waals surface area contributed by atoms with Crippen molar-refractivity contribution in [3.63, 3.8) is 0 Å². The maximum atomic E-state index is 12.3. The number of fused-ring (bicyclic) bond motifs is 2. The second kappa shape index (κ2) is 6.85. The van der Waals surface area contributed by atoms with Crippen LogP contribution in [0.25, 0.3) is 33.3 Å². The first-order chi connectivity index (χ1) is 14.6. The molecule has 1 amide bonds. The van der Waals surface area contributed by atoms with Crippen molar-refractivity contribution in [1.82, 2.24) is 4.98 Å². The minimum Gasteiger partial charge on any atom is -0.436 e. The van der Waals surface area contributed by atoms with Gasteiger partial charge < -0.3 is 14.2 Å². The Morgan fingerprint density at radius 2 is 1.80 bits per heavy atom. The van der Waals surface area contributed by atoms with Crippen molar-refractivity contribution < 1.29 is 18.6 Å². The molecule has 8 heteroatoms. The summed E-state index contributed by atoms with van der Waals surface area (Å²) in [7, 11) is 0. The highest BCUT2D eigenvalue weighted by Crippen LogP contribution is 2.31. The normalized spacial score (nSPS) is 11.1. The molecule has 0 saturated carbocycles. The zero-order valence-electron chi connectivity index (χ0n) is 15.4. The second-order valence-corrected chi connectivity index (χ2v) is 6.58. The van der Waals surface area contributed by atoms with E-state index in [2.05, 4.69) is 10.3 Å². The average Bonchev–Trinajstić information content (AvgIpc) is 3.40. The lowest BCUT2D eigenvalue weighted by Gasteiger charge is -2.01. The van der Waals surface area contributed by atoms with Crippen molar-refractivity contribution in [2.45, 2.75) is 0 Å². The largest absolute Gasteiger partial charge is 0.436 e. The maximum absolute atomic E-state index is 12.3. The van der Waals surface area contributed by atoms with Gasteiger partial charge in [0.1, 0.15) is 10.4 Å². The van der Waals surface area contributed by atoms with E-state index in [0.717, 1.165) is 22.4 Å². The first-order valence-corrected chi connectivity index (χ1v) is 9.03. The quantitative estimate of drug-likeness (QED) is 0.320. The number of hydrogen-bond acceptors (Lipinski definition) is 6. The third kappa shape index (κ3) is 3.06. The Morgan fingerprint density at radius 1 is 0.967 bits per heavy atom. The minimum absolute atomic E-state index is 0.154. The topological polar surface area (TPSA) is 111 Å². The third-order valence-electron chi connectivity index (χ3n) is 4.66. The Balaban J connectivity index is 1.46. The van der Waals surface area contributed by atoms with Gasteiger partial charge >= 0.3 is 5.88 Å². The van der Waals surface area contributed by atoms with Gasteiger partial charge in [-0.1, -0.05) is 36.4 Å². The van der Waals surface area contributed by atoms with E-state index in [4.69, 9.17) is 8.83 Å². The molecular formula is C22H13N3O5. The van der Waals surface area contributed by atoms with Crippen molar-refractivity contribution in [2.24, 2.45) is 0 Å². The lowest BCUT2D eigenvalue weighted by atomic mass is 10.0. The number of nitrogens with one attached hydrogen (secondary N) is 1. The van der Waals surface area contributed by atoms with Crippen LogP contribution in [-0.4, -0.2) is 15.8 Å². The summed E-state index contributed by atoms with van der Waals surface area (Å²) in [6.07, 6.45) is 0. The Hall–Kier alpha value is -4.46. The molecule has 2 aromatic heterocycles. The van der Waals surface area contributed by atoms with Gasteiger partial charge in [-0.2, -0.15) is 0 Å². The summed E-state index contributed by atoms with van der Waals surface area (Å²) in [5, 5.41) is 15.5. The lowest BCUT2D eigenvalue weighted by Crippen LogP contribution is -2.10. The number of hydrogen-bond donors (Lipinski definition) is 1. The molecule has 0 bridgehead atoms. The van der Waals surface area contributed by atoms with Crippen LogP contribution in [0.4, 0.5) is 11.6 Å². The predicted molar refractivity (Wildman–Crippen MR) is 110 cm³/mol. The third-order valence-corrected chi connectivity index (χ3v) is 4.66. The SMILES string of the molecule is O=C(Nc1ccc2oc(-c3cccc4ccccc34)nc2c1)c1ccc([N+](=O)[O-])o1. The summed E-state index contributed by atoms with van der Waals surface area (Å²) in [4.78, 5) is 26.9. The highest BCUT2D eigenvalue weighted by molar-refractivity contribution is 6.03. The molecule has 0 unspecified atom stereocenters. The number of anilines is 1. The van der Waals surface area contributed by atoms with E-state index < -0.39 is 16.7 Å². The number of carbonyl (C=O) groups is 1. The maximum Gasteiger partial charge on any atom is 0.433 e. The van der Waals surface area contributed by atoms with Crippen molar-refractivity contribution in [1.29, 1.82) is 0 Å². The Bertz CT molecular complexity index is 1430. The van der Waals surface area contributed by atoms with E-state index >= 15 is 0 Å². The Morgan fingerprint density at radius 3 is 2.63 bits per heavy atom. The van der Waals surface area contributed by atoms with Gasteiger partial charge in [0.2, 0.25) is 5.89 Å². The van der Waals surface area contributed by atoms with E-state index in [1.165, 1.54) is 6.07 Å². The molecular weight excluding hydrogens is 386 g/mol. The summed E-state index contributed by atoms with van der Waals surface area (Å²) >= 11 is 0. The first kappa shape index (κ1) is 17.6. The van der Waals surface area contributed by atoms with E-state index in [9.17, 15) is 14.9 Å². The number of benzene rings is 3. The van der Waals surface area contributed by atoms with Crippen LogP contribution in [0, 0.1) is 10.1 Å². The molecule has 146 valence electrons. The van der Waals surface area contributed by atoms with Crippen molar-refractivity contribution in [3.8, 4) is 11.5 Å². The number of aromatic nitrogens is 1. The fraction of sp³-hybridized carbons (Fsp3) is 0. The van der Waals surface area contributed by atoms with E-state index in [1.807, 2.05) is 42.5 Å². The lowest BCUT2D eigenvalue weighted by molar-refractivity contribution is -0.402. The monoisotopic (exact) mass is 399 g/mol. The molecule has 0 fully saturated rings. The molecule has 0 saturated heterocycles. The fourth-order valence-corrected chi connectivity index (χ4v) is 3.27. The highest BCUT2D eigenvalue weighted by Gasteiger charge is 2.18. The number of furan rings is 1. The molecule has 0 aliphatic carbocycles. The van der Waals surface area contributed by atoms with Crippen LogP contribution >= 0.6 is 0 Å². The van der Waals surface area contributed by atoms with Gasteiger partial charge in [-0.25, -0.2) is 4.98 Å². The van der Waals surface area contributed by atoms with Crippen molar-refractivity contribution in [2.75, 3.05) is 5.32 Å². The van der Waals surface area contributed by atoms with Crippen LogP contribution in [0.1, 0.15) is 10.6 Å². The summed E-state index contributed by atoms with van der Waals surface area (Å²) in [6, 6.07) is 21.3. The second-order valence-electron chi connectivity index (χ2n) is 6.58. The van der Waals surface area contributed by atoms with Gasteiger partial charge in [0.05, 0.1) is 6.07 Å². The van der Waals surface area contributed by atoms with E-state index in [-0.39, 0.29) is 5.76 Å². The Kier molecular flexibility index (Phi) is 4.03. The van der Waals surface area contributed by atoms with Crippen LogP contribution in [-0.2, 0) is 0 Å². The summed E-state index contributed by atoms with van der Waals surface area (Å²) in [6.45, 7) is 0. The molecule has 0 aliphatic heterocycles. The van der Waals surface area contributed by atoms with Crippen LogP contribution in [0.3, 0.4) is 0 Å². The summed E-state index contributed by atoms with van der Waals surface area (Å²) in [5.74, 6) is -0.766. The predicted octanol–water partition coefficient (Wildman–Crippen LogP) is 5.40. The molecule has 3 aromatic carbocycles. The number of carbonyl (C=O) groups excluding carboxylic acids is 1. The molecule has 0 atom stereocenters. The van der Waals surface area contributed by atoms with Gasteiger partial charge in [-0.05, 0) is 41.1 Å². The molecule has 8 nitrogen and oxygen atoms in total. The van der Waals surface area contributed by atoms with E-state index in [0.29, 0.717) is 22.7 Å². The average molecular weight is 399 g/mol. The van der Waals surface area contributed by atoms with Crippen LogP contribution in [0.2, 0.25) is 0 Å². The molecule has 0 aliphatic rings. The number of rotatable bonds is 4. The molecule has 2 heterocycles. The fourth-order valence-electron chi connectivity index (χ4n) is 3.27. The molecule has 0 radical (unpaired) electrons. The molecule has 1 N–H and O–H groups in total. The summed E-state index contributed by atoms with van der Waals surface area (Å²) in [5.41, 5.74) is 2.48. The Labute approximate surface area is 168 Å². The van der Waals surface area contributed by atoms with E-state index in [1.54, 1.807) is 18.2 Å². The van der Waals surface area contributed by atoms with Crippen molar-refractivity contribution in [3.05, 3.63) is 88.7 Å². The van der Waals surface area contributed by atoms with Gasteiger partial charge in [-0.3, -0.25) is 14.9 Å². The molecule has 5 rings (SSSR count). The van der Waals surface area contributed by atoms with Gasteiger partial charge in [0.25, 0.3) is 5.91 Å². The number of amides is 1. The van der Waals surface area contributed by atoms with Gasteiger partial charge in [-0.15, -0.1) is 0 Å².